The van der Waals surface area contributed by atoms with Gasteiger partial charge in [0.05, 0.1) is 11.4 Å². The lowest BCUT2D eigenvalue weighted by Crippen LogP contribution is -1.80. The average Bonchev–Trinajstić information content (AvgIpc) is 2.42. The van der Waals surface area contributed by atoms with Gasteiger partial charge in [-0.25, -0.2) is 0 Å². The summed E-state index contributed by atoms with van der Waals surface area (Å²) in [5, 5.41) is 1.22. The van der Waals surface area contributed by atoms with Crippen LogP contribution in [0.2, 0.25) is 4.34 Å². The van der Waals surface area contributed by atoms with E-state index in [1.807, 2.05) is 25.1 Å². The maximum atomic E-state index is 6.03. The van der Waals surface area contributed by atoms with Crippen LogP contribution >= 0.6 is 22.9 Å². The van der Waals surface area contributed by atoms with Crippen LogP contribution in [-0.4, -0.2) is 7.11 Å². The number of thiophene rings is 1. The SMILES string of the molecule is COc1ccc2c(C)c(Cl)sc2c1. The number of fused-ring (bicyclic) bond motifs is 1. The van der Waals surface area contributed by atoms with Gasteiger partial charge in [0.15, 0.2) is 0 Å². The molecule has 0 aliphatic rings. The molecule has 0 N–H and O–H groups in total. The molecule has 2 aromatic rings. The van der Waals surface area contributed by atoms with Crippen LogP contribution in [0.3, 0.4) is 0 Å². The number of methoxy groups -OCH3 is 1. The first kappa shape index (κ1) is 8.85. The van der Waals surface area contributed by atoms with E-state index in [1.165, 1.54) is 10.1 Å². The normalized spacial score (nSPS) is 10.7. The van der Waals surface area contributed by atoms with Crippen molar-refractivity contribution >= 4 is 33.0 Å². The number of rotatable bonds is 1. The van der Waals surface area contributed by atoms with Crippen molar-refractivity contribution in [2.75, 3.05) is 7.11 Å². The van der Waals surface area contributed by atoms with Crippen molar-refractivity contribution in [1.29, 1.82) is 0 Å². The molecule has 0 fully saturated rings. The van der Waals surface area contributed by atoms with E-state index in [0.29, 0.717) is 0 Å². The third-order valence-corrected chi connectivity index (χ3v) is 3.65. The molecule has 0 aliphatic carbocycles. The Hall–Kier alpha value is -0.730. The molecular weight excluding hydrogens is 204 g/mol. The molecule has 0 atom stereocenters. The molecule has 0 amide bonds. The van der Waals surface area contributed by atoms with E-state index in [4.69, 9.17) is 16.3 Å². The first-order valence-electron chi connectivity index (χ1n) is 3.95. The fraction of sp³-hybridized carbons (Fsp3) is 0.200. The minimum Gasteiger partial charge on any atom is -0.497 e. The molecule has 1 heterocycles. The van der Waals surface area contributed by atoms with Crippen LogP contribution in [0.1, 0.15) is 5.56 Å². The van der Waals surface area contributed by atoms with Gasteiger partial charge in [-0.05, 0) is 36.1 Å². The van der Waals surface area contributed by atoms with Crippen molar-refractivity contribution in [3.63, 3.8) is 0 Å². The molecule has 68 valence electrons. The van der Waals surface area contributed by atoms with E-state index >= 15 is 0 Å². The first-order chi connectivity index (χ1) is 6.22. The Balaban J connectivity index is 2.73. The number of hydrogen-bond donors (Lipinski definition) is 0. The van der Waals surface area contributed by atoms with Crippen LogP contribution in [0, 0.1) is 6.92 Å². The fourth-order valence-electron chi connectivity index (χ4n) is 1.30. The second-order valence-corrected chi connectivity index (χ2v) is 4.52. The van der Waals surface area contributed by atoms with Crippen molar-refractivity contribution in [2.45, 2.75) is 6.92 Å². The Morgan fingerprint density at radius 1 is 1.38 bits per heavy atom. The maximum absolute atomic E-state index is 6.03. The molecule has 0 unspecified atom stereocenters. The predicted molar refractivity (Wildman–Crippen MR) is 58.1 cm³/mol. The number of hydrogen-bond acceptors (Lipinski definition) is 2. The Morgan fingerprint density at radius 3 is 2.85 bits per heavy atom. The Morgan fingerprint density at radius 2 is 2.15 bits per heavy atom. The molecule has 1 nitrogen and oxygen atoms in total. The van der Waals surface area contributed by atoms with E-state index in [-0.39, 0.29) is 0 Å². The molecule has 1 aromatic carbocycles. The molecule has 0 saturated carbocycles. The quantitative estimate of drug-likeness (QED) is 0.697. The Kier molecular flexibility index (Phi) is 2.18. The zero-order chi connectivity index (χ0) is 9.42. The summed E-state index contributed by atoms with van der Waals surface area (Å²) >= 11 is 7.62. The minimum atomic E-state index is 0.864. The smallest absolute Gasteiger partial charge is 0.120 e. The summed E-state index contributed by atoms with van der Waals surface area (Å²) in [6.45, 7) is 2.04. The van der Waals surface area contributed by atoms with E-state index < -0.39 is 0 Å². The summed E-state index contributed by atoms with van der Waals surface area (Å²) < 4.78 is 7.18. The second-order valence-electron chi connectivity index (χ2n) is 2.86. The molecule has 2 rings (SSSR count). The molecule has 3 heteroatoms. The molecule has 1 aromatic heterocycles. The zero-order valence-corrected chi connectivity index (χ0v) is 9.00. The molecule has 0 saturated heterocycles. The van der Waals surface area contributed by atoms with Crippen molar-refractivity contribution in [2.24, 2.45) is 0 Å². The van der Waals surface area contributed by atoms with Crippen molar-refractivity contribution in [1.82, 2.24) is 0 Å². The highest BCUT2D eigenvalue weighted by Crippen LogP contribution is 2.36. The zero-order valence-electron chi connectivity index (χ0n) is 7.43. The third-order valence-electron chi connectivity index (χ3n) is 2.09. The predicted octanol–water partition coefficient (Wildman–Crippen LogP) is 3.87. The van der Waals surface area contributed by atoms with Gasteiger partial charge in [0.1, 0.15) is 5.75 Å². The lowest BCUT2D eigenvalue weighted by molar-refractivity contribution is 0.415. The van der Waals surface area contributed by atoms with Crippen LogP contribution in [0.5, 0.6) is 5.75 Å². The van der Waals surface area contributed by atoms with Gasteiger partial charge >= 0.3 is 0 Å². The average molecular weight is 213 g/mol. The van der Waals surface area contributed by atoms with Gasteiger partial charge in [-0.2, -0.15) is 0 Å². The highest BCUT2D eigenvalue weighted by molar-refractivity contribution is 7.22. The highest BCUT2D eigenvalue weighted by Gasteiger charge is 2.06. The minimum absolute atomic E-state index is 0.864. The van der Waals surface area contributed by atoms with Crippen LogP contribution in [0.15, 0.2) is 18.2 Å². The van der Waals surface area contributed by atoms with Crippen LogP contribution in [0.4, 0.5) is 0 Å². The van der Waals surface area contributed by atoms with E-state index in [1.54, 1.807) is 18.4 Å². The highest BCUT2D eigenvalue weighted by atomic mass is 35.5. The van der Waals surface area contributed by atoms with Crippen molar-refractivity contribution < 1.29 is 4.74 Å². The van der Waals surface area contributed by atoms with Gasteiger partial charge in [0.25, 0.3) is 0 Å². The fourth-order valence-corrected chi connectivity index (χ4v) is 2.62. The van der Waals surface area contributed by atoms with Gasteiger partial charge in [-0.1, -0.05) is 11.6 Å². The van der Waals surface area contributed by atoms with Crippen LogP contribution in [0.25, 0.3) is 10.1 Å². The van der Waals surface area contributed by atoms with Gasteiger partial charge in [-0.15, -0.1) is 11.3 Å². The van der Waals surface area contributed by atoms with Crippen molar-refractivity contribution in [3.8, 4) is 5.75 Å². The summed E-state index contributed by atoms with van der Waals surface area (Å²) in [5.41, 5.74) is 1.16. The molecule has 0 radical (unpaired) electrons. The van der Waals surface area contributed by atoms with Crippen LogP contribution in [-0.2, 0) is 0 Å². The molecule has 0 spiro atoms. The first-order valence-corrected chi connectivity index (χ1v) is 5.14. The standard InChI is InChI=1S/C10H9ClOS/c1-6-8-4-3-7(12-2)5-9(8)13-10(6)11/h3-5H,1-2H3. The monoisotopic (exact) mass is 212 g/mol. The molecular formula is C10H9ClOS. The second kappa shape index (κ2) is 3.20. The summed E-state index contributed by atoms with van der Waals surface area (Å²) in [5.74, 6) is 0.880. The summed E-state index contributed by atoms with van der Waals surface area (Å²) in [4.78, 5) is 0. The van der Waals surface area contributed by atoms with Gasteiger partial charge in [0.2, 0.25) is 0 Å². The lowest BCUT2D eigenvalue weighted by Gasteiger charge is -1.98. The third kappa shape index (κ3) is 1.40. The van der Waals surface area contributed by atoms with E-state index in [0.717, 1.165) is 15.6 Å². The van der Waals surface area contributed by atoms with Gasteiger partial charge in [0, 0.05) is 4.70 Å². The summed E-state index contributed by atoms with van der Waals surface area (Å²) in [6.07, 6.45) is 0. The van der Waals surface area contributed by atoms with Gasteiger partial charge < -0.3 is 4.74 Å². The van der Waals surface area contributed by atoms with E-state index in [9.17, 15) is 0 Å². The Labute approximate surface area is 85.9 Å². The molecule has 0 bridgehead atoms. The maximum Gasteiger partial charge on any atom is 0.120 e. The summed E-state index contributed by atoms with van der Waals surface area (Å²) in [6, 6.07) is 6.02. The number of halogens is 1. The van der Waals surface area contributed by atoms with E-state index in [2.05, 4.69) is 0 Å². The number of benzene rings is 1. The molecule has 13 heavy (non-hydrogen) atoms. The number of aryl methyl sites for hydroxylation is 1. The van der Waals surface area contributed by atoms with Gasteiger partial charge in [-0.3, -0.25) is 0 Å². The van der Waals surface area contributed by atoms with Crippen LogP contribution < -0.4 is 4.74 Å². The van der Waals surface area contributed by atoms with Crippen molar-refractivity contribution in [3.05, 3.63) is 28.1 Å². The topological polar surface area (TPSA) is 9.23 Å². The summed E-state index contributed by atoms with van der Waals surface area (Å²) in [7, 11) is 1.67. The number of ether oxygens (including phenoxy) is 1. The largest absolute Gasteiger partial charge is 0.497 e. The Bertz CT molecular complexity index is 447. The molecule has 0 aliphatic heterocycles. The lowest BCUT2D eigenvalue weighted by atomic mass is 10.2.